The molecule has 0 aliphatic rings. The van der Waals surface area contributed by atoms with E-state index in [2.05, 4.69) is 33.5 Å². The molecule has 0 radical (unpaired) electrons. The first kappa shape index (κ1) is 15.2. The summed E-state index contributed by atoms with van der Waals surface area (Å²) in [5.74, 6) is 5.38. The lowest BCUT2D eigenvalue weighted by atomic mass is 9.99. The summed E-state index contributed by atoms with van der Waals surface area (Å²) < 4.78 is 13.9. The molecule has 0 aliphatic heterocycles. The number of nitrogens with one attached hydrogen (secondary N) is 1. The van der Waals surface area contributed by atoms with Crippen LogP contribution in [0, 0.1) is 5.82 Å². The zero-order chi connectivity index (χ0) is 14.4. The van der Waals surface area contributed by atoms with E-state index < -0.39 is 0 Å². The van der Waals surface area contributed by atoms with Gasteiger partial charge in [0.1, 0.15) is 5.82 Å². The van der Waals surface area contributed by atoms with Gasteiger partial charge in [0.25, 0.3) is 0 Å². The lowest BCUT2D eigenvalue weighted by molar-refractivity contribution is 0.495. The van der Waals surface area contributed by atoms with Crippen LogP contribution in [0.5, 0.6) is 0 Å². The molecule has 0 heterocycles. The second-order valence-corrected chi connectivity index (χ2v) is 5.62. The highest BCUT2D eigenvalue weighted by Crippen LogP contribution is 2.27. The molecule has 0 amide bonds. The third-order valence-electron chi connectivity index (χ3n) is 3.34. The molecule has 0 aromatic heterocycles. The molecule has 1 atom stereocenters. The van der Waals surface area contributed by atoms with E-state index in [1.807, 2.05) is 18.2 Å². The summed E-state index contributed by atoms with van der Waals surface area (Å²) in [6, 6.07) is 15.1. The molecular formula is C16H18BrFN2. The van der Waals surface area contributed by atoms with E-state index in [1.54, 1.807) is 6.07 Å². The summed E-state index contributed by atoms with van der Waals surface area (Å²) in [5.41, 5.74) is 5.12. The highest BCUT2D eigenvalue weighted by molar-refractivity contribution is 9.10. The molecule has 0 aliphatic carbocycles. The van der Waals surface area contributed by atoms with Crippen molar-refractivity contribution < 1.29 is 4.39 Å². The third-order valence-corrected chi connectivity index (χ3v) is 4.03. The van der Waals surface area contributed by atoms with E-state index in [-0.39, 0.29) is 11.9 Å². The summed E-state index contributed by atoms with van der Waals surface area (Å²) in [4.78, 5) is 0. The molecule has 4 heteroatoms. The second-order valence-electron chi connectivity index (χ2n) is 4.76. The number of rotatable bonds is 6. The predicted molar refractivity (Wildman–Crippen MR) is 83.5 cm³/mol. The van der Waals surface area contributed by atoms with Crippen LogP contribution >= 0.6 is 15.9 Å². The van der Waals surface area contributed by atoms with Crippen LogP contribution < -0.4 is 11.3 Å². The van der Waals surface area contributed by atoms with Crippen LogP contribution in [-0.2, 0) is 6.42 Å². The van der Waals surface area contributed by atoms with Crippen molar-refractivity contribution in [2.24, 2.45) is 5.84 Å². The second kappa shape index (κ2) is 7.53. The quantitative estimate of drug-likeness (QED) is 0.615. The number of halogens is 2. The molecule has 0 spiro atoms. The van der Waals surface area contributed by atoms with Gasteiger partial charge >= 0.3 is 0 Å². The van der Waals surface area contributed by atoms with Crippen LogP contribution in [0.25, 0.3) is 0 Å². The minimum Gasteiger partial charge on any atom is -0.271 e. The fourth-order valence-corrected chi connectivity index (χ4v) is 2.89. The Morgan fingerprint density at radius 3 is 2.55 bits per heavy atom. The van der Waals surface area contributed by atoms with Crippen molar-refractivity contribution in [1.82, 2.24) is 5.43 Å². The fourth-order valence-electron chi connectivity index (χ4n) is 2.27. The van der Waals surface area contributed by atoms with Crippen LogP contribution in [0.3, 0.4) is 0 Å². The van der Waals surface area contributed by atoms with Gasteiger partial charge in [-0.1, -0.05) is 52.3 Å². The number of hydrogen-bond acceptors (Lipinski definition) is 2. The van der Waals surface area contributed by atoms with E-state index >= 15 is 0 Å². The average Bonchev–Trinajstić information content (AvgIpc) is 2.46. The van der Waals surface area contributed by atoms with E-state index in [4.69, 9.17) is 5.84 Å². The average molecular weight is 337 g/mol. The van der Waals surface area contributed by atoms with Gasteiger partial charge in [-0.15, -0.1) is 0 Å². The Morgan fingerprint density at radius 1 is 1.15 bits per heavy atom. The van der Waals surface area contributed by atoms with Crippen molar-refractivity contribution in [3.63, 3.8) is 0 Å². The first-order valence-corrected chi connectivity index (χ1v) is 7.45. The van der Waals surface area contributed by atoms with Gasteiger partial charge in [0, 0.05) is 10.5 Å². The van der Waals surface area contributed by atoms with Crippen molar-refractivity contribution in [1.29, 1.82) is 0 Å². The molecule has 2 aromatic carbocycles. The van der Waals surface area contributed by atoms with Gasteiger partial charge < -0.3 is 0 Å². The molecule has 2 rings (SSSR count). The van der Waals surface area contributed by atoms with Crippen molar-refractivity contribution in [2.75, 3.05) is 0 Å². The van der Waals surface area contributed by atoms with E-state index in [0.717, 1.165) is 29.3 Å². The van der Waals surface area contributed by atoms with E-state index in [9.17, 15) is 4.39 Å². The molecule has 1 unspecified atom stereocenters. The maximum Gasteiger partial charge on any atom is 0.124 e. The number of hydrazine groups is 1. The molecule has 2 aromatic rings. The largest absolute Gasteiger partial charge is 0.271 e. The Balaban J connectivity index is 1.95. The van der Waals surface area contributed by atoms with Gasteiger partial charge in [0.2, 0.25) is 0 Å². The van der Waals surface area contributed by atoms with Gasteiger partial charge in [-0.2, -0.15) is 0 Å². The maximum absolute atomic E-state index is 13.1. The highest BCUT2D eigenvalue weighted by Gasteiger charge is 2.13. The minimum absolute atomic E-state index is 0.0219. The van der Waals surface area contributed by atoms with Crippen LogP contribution in [0.4, 0.5) is 4.39 Å². The molecule has 0 saturated carbocycles. The Labute approximate surface area is 127 Å². The number of benzene rings is 2. The van der Waals surface area contributed by atoms with Gasteiger partial charge in [-0.3, -0.25) is 11.3 Å². The monoisotopic (exact) mass is 336 g/mol. The smallest absolute Gasteiger partial charge is 0.124 e. The van der Waals surface area contributed by atoms with Crippen molar-refractivity contribution >= 4 is 15.9 Å². The van der Waals surface area contributed by atoms with Gasteiger partial charge in [-0.05, 0) is 42.5 Å². The lowest BCUT2D eigenvalue weighted by Crippen LogP contribution is -2.28. The van der Waals surface area contributed by atoms with Gasteiger partial charge in [0.05, 0.1) is 0 Å². The van der Waals surface area contributed by atoms with E-state index in [1.165, 1.54) is 17.7 Å². The summed E-state index contributed by atoms with van der Waals surface area (Å²) >= 11 is 3.39. The molecule has 20 heavy (non-hydrogen) atoms. The summed E-state index contributed by atoms with van der Waals surface area (Å²) in [6.07, 6.45) is 2.93. The fraction of sp³-hybridized carbons (Fsp3) is 0.250. The number of nitrogens with two attached hydrogens (primary N) is 1. The van der Waals surface area contributed by atoms with Crippen molar-refractivity contribution in [2.45, 2.75) is 25.3 Å². The maximum atomic E-state index is 13.1. The SMILES string of the molecule is NNC(CCCc1ccccc1)c1ccc(F)cc1Br. The molecule has 106 valence electrons. The molecular weight excluding hydrogens is 319 g/mol. The number of aryl methyl sites for hydroxylation is 1. The van der Waals surface area contributed by atoms with Gasteiger partial charge in [0.15, 0.2) is 0 Å². The first-order chi connectivity index (χ1) is 9.70. The van der Waals surface area contributed by atoms with Crippen LogP contribution in [0.2, 0.25) is 0 Å². The lowest BCUT2D eigenvalue weighted by Gasteiger charge is -2.18. The zero-order valence-electron chi connectivity index (χ0n) is 11.2. The Hall–Kier alpha value is -1.23. The summed E-state index contributed by atoms with van der Waals surface area (Å²) in [5, 5.41) is 0. The Kier molecular flexibility index (Phi) is 5.71. The molecule has 0 bridgehead atoms. The van der Waals surface area contributed by atoms with Crippen LogP contribution in [-0.4, -0.2) is 0 Å². The molecule has 0 saturated heterocycles. The highest BCUT2D eigenvalue weighted by atomic mass is 79.9. The molecule has 0 fully saturated rings. The topological polar surface area (TPSA) is 38.0 Å². The Bertz CT molecular complexity index is 545. The Morgan fingerprint density at radius 2 is 1.90 bits per heavy atom. The predicted octanol–water partition coefficient (Wildman–Crippen LogP) is 4.12. The molecule has 3 N–H and O–H groups in total. The van der Waals surface area contributed by atoms with Crippen LogP contribution in [0.1, 0.15) is 30.0 Å². The zero-order valence-corrected chi connectivity index (χ0v) is 12.7. The van der Waals surface area contributed by atoms with Crippen LogP contribution in [0.15, 0.2) is 53.0 Å². The first-order valence-electron chi connectivity index (χ1n) is 6.65. The van der Waals surface area contributed by atoms with Crippen molar-refractivity contribution in [3.8, 4) is 0 Å². The minimum atomic E-state index is -0.249. The number of hydrogen-bond donors (Lipinski definition) is 2. The standard InChI is InChI=1S/C16H18BrFN2/c17-15-11-13(18)9-10-14(15)16(20-19)8-4-7-12-5-2-1-3-6-12/h1-3,5-6,9-11,16,20H,4,7-8,19H2. The van der Waals surface area contributed by atoms with Gasteiger partial charge in [-0.25, -0.2) is 4.39 Å². The summed E-state index contributed by atoms with van der Waals surface area (Å²) in [7, 11) is 0. The molecule has 2 nitrogen and oxygen atoms in total. The van der Waals surface area contributed by atoms with Crippen molar-refractivity contribution in [3.05, 3.63) is 69.9 Å². The third kappa shape index (κ3) is 4.13. The summed E-state index contributed by atoms with van der Waals surface area (Å²) in [6.45, 7) is 0. The normalized spacial score (nSPS) is 12.3. The van der Waals surface area contributed by atoms with E-state index in [0.29, 0.717) is 0 Å².